The van der Waals surface area contributed by atoms with Gasteiger partial charge in [-0.25, -0.2) is 4.39 Å². The van der Waals surface area contributed by atoms with E-state index in [1.807, 2.05) is 12.1 Å². The van der Waals surface area contributed by atoms with Gasteiger partial charge in [0.25, 0.3) is 0 Å². The maximum absolute atomic E-state index is 13.7. The third kappa shape index (κ3) is 2.81. The number of hydrogen-bond donors (Lipinski definition) is 1. The molecule has 0 aliphatic rings. The van der Waals surface area contributed by atoms with Gasteiger partial charge in [-0.3, -0.25) is 0 Å². The Labute approximate surface area is 110 Å². The SMILES string of the molecule is CNCc1c(F)cccc1Oc1ccccc1Cl. The molecule has 0 aliphatic heterocycles. The molecule has 0 atom stereocenters. The molecule has 1 N–H and O–H groups in total. The first kappa shape index (κ1) is 12.9. The van der Waals surface area contributed by atoms with Crippen molar-refractivity contribution < 1.29 is 9.13 Å². The molecular formula is C14H13ClFNO. The van der Waals surface area contributed by atoms with Gasteiger partial charge in [-0.2, -0.15) is 0 Å². The fourth-order valence-electron chi connectivity index (χ4n) is 1.63. The van der Waals surface area contributed by atoms with Crippen molar-refractivity contribution in [2.45, 2.75) is 6.54 Å². The molecule has 4 heteroatoms. The number of rotatable bonds is 4. The van der Waals surface area contributed by atoms with Gasteiger partial charge >= 0.3 is 0 Å². The summed E-state index contributed by atoms with van der Waals surface area (Å²) in [7, 11) is 1.76. The molecule has 94 valence electrons. The second kappa shape index (κ2) is 5.85. The first-order chi connectivity index (χ1) is 8.72. The lowest BCUT2D eigenvalue weighted by molar-refractivity contribution is 0.464. The third-order valence-corrected chi connectivity index (χ3v) is 2.80. The fourth-order valence-corrected chi connectivity index (χ4v) is 1.80. The average Bonchev–Trinajstić information content (AvgIpc) is 2.36. The van der Waals surface area contributed by atoms with E-state index in [-0.39, 0.29) is 5.82 Å². The van der Waals surface area contributed by atoms with Gasteiger partial charge in [-0.1, -0.05) is 29.8 Å². The standard InChI is InChI=1S/C14H13ClFNO/c1-17-9-10-12(16)6-4-8-13(10)18-14-7-3-2-5-11(14)15/h2-8,17H,9H2,1H3. The minimum absolute atomic E-state index is 0.297. The van der Waals surface area contributed by atoms with E-state index in [2.05, 4.69) is 5.32 Å². The zero-order valence-electron chi connectivity index (χ0n) is 9.91. The van der Waals surface area contributed by atoms with Gasteiger partial charge < -0.3 is 10.1 Å². The van der Waals surface area contributed by atoms with E-state index in [1.165, 1.54) is 6.07 Å². The number of halogens is 2. The lowest BCUT2D eigenvalue weighted by Crippen LogP contribution is -2.08. The van der Waals surface area contributed by atoms with Crippen molar-refractivity contribution >= 4 is 11.6 Å². The molecule has 0 saturated heterocycles. The van der Waals surface area contributed by atoms with Crippen LogP contribution in [0.15, 0.2) is 42.5 Å². The molecule has 0 heterocycles. The van der Waals surface area contributed by atoms with Crippen molar-refractivity contribution in [2.24, 2.45) is 0 Å². The quantitative estimate of drug-likeness (QED) is 0.902. The lowest BCUT2D eigenvalue weighted by Gasteiger charge is -2.12. The first-order valence-electron chi connectivity index (χ1n) is 5.56. The maximum atomic E-state index is 13.7. The van der Waals surface area contributed by atoms with Gasteiger partial charge in [0.05, 0.1) is 5.02 Å². The molecule has 2 aromatic carbocycles. The van der Waals surface area contributed by atoms with Crippen LogP contribution in [0.2, 0.25) is 5.02 Å². The Morgan fingerprint density at radius 1 is 1.11 bits per heavy atom. The van der Waals surface area contributed by atoms with Crippen LogP contribution in [-0.2, 0) is 6.54 Å². The van der Waals surface area contributed by atoms with Crippen LogP contribution in [0.4, 0.5) is 4.39 Å². The van der Waals surface area contributed by atoms with E-state index in [0.717, 1.165) is 0 Å². The number of benzene rings is 2. The van der Waals surface area contributed by atoms with Crippen molar-refractivity contribution in [1.82, 2.24) is 5.32 Å². The molecule has 0 fully saturated rings. The molecule has 0 bridgehead atoms. The third-order valence-electron chi connectivity index (χ3n) is 2.49. The van der Waals surface area contributed by atoms with E-state index in [1.54, 1.807) is 31.3 Å². The van der Waals surface area contributed by atoms with Crippen LogP contribution in [0.1, 0.15) is 5.56 Å². The molecule has 0 aliphatic carbocycles. The highest BCUT2D eigenvalue weighted by atomic mass is 35.5. The van der Waals surface area contributed by atoms with Gasteiger partial charge in [0.1, 0.15) is 17.3 Å². The molecule has 2 aromatic rings. The topological polar surface area (TPSA) is 21.3 Å². The molecule has 0 unspecified atom stereocenters. The summed E-state index contributed by atoms with van der Waals surface area (Å²) in [5, 5.41) is 3.41. The number of para-hydroxylation sites is 1. The molecule has 0 spiro atoms. The molecular weight excluding hydrogens is 253 g/mol. The Hall–Kier alpha value is -1.58. The summed E-state index contributed by atoms with van der Waals surface area (Å²) >= 11 is 6.01. The molecule has 2 nitrogen and oxygen atoms in total. The van der Waals surface area contributed by atoms with Gasteiger partial charge in [0, 0.05) is 12.1 Å². The van der Waals surface area contributed by atoms with Crippen LogP contribution >= 0.6 is 11.6 Å². The van der Waals surface area contributed by atoms with E-state index in [9.17, 15) is 4.39 Å². The van der Waals surface area contributed by atoms with Gasteiger partial charge in [-0.15, -0.1) is 0 Å². The monoisotopic (exact) mass is 265 g/mol. The van der Waals surface area contributed by atoms with Crippen molar-refractivity contribution in [2.75, 3.05) is 7.05 Å². The summed E-state index contributed by atoms with van der Waals surface area (Å²) in [6, 6.07) is 11.9. The summed E-state index contributed by atoms with van der Waals surface area (Å²) < 4.78 is 19.3. The van der Waals surface area contributed by atoms with Crippen LogP contribution in [0.25, 0.3) is 0 Å². The molecule has 0 aromatic heterocycles. The van der Waals surface area contributed by atoms with Gasteiger partial charge in [0.2, 0.25) is 0 Å². The van der Waals surface area contributed by atoms with Crippen LogP contribution in [0.3, 0.4) is 0 Å². The van der Waals surface area contributed by atoms with Crippen molar-refractivity contribution in [3.63, 3.8) is 0 Å². The Bertz CT molecular complexity index is 545. The Kier molecular flexibility index (Phi) is 4.18. The second-order valence-electron chi connectivity index (χ2n) is 3.78. The molecule has 0 saturated carbocycles. The number of hydrogen-bond acceptors (Lipinski definition) is 2. The zero-order chi connectivity index (χ0) is 13.0. The van der Waals surface area contributed by atoms with Crippen molar-refractivity contribution in [1.29, 1.82) is 0 Å². The molecule has 0 radical (unpaired) electrons. The highest BCUT2D eigenvalue weighted by molar-refractivity contribution is 6.32. The van der Waals surface area contributed by atoms with Crippen LogP contribution < -0.4 is 10.1 Å². The molecule has 0 amide bonds. The number of ether oxygens (including phenoxy) is 1. The van der Waals surface area contributed by atoms with E-state index in [4.69, 9.17) is 16.3 Å². The van der Waals surface area contributed by atoms with E-state index in [0.29, 0.717) is 28.6 Å². The zero-order valence-corrected chi connectivity index (χ0v) is 10.7. The summed E-state index contributed by atoms with van der Waals surface area (Å²) in [5.41, 5.74) is 0.486. The smallest absolute Gasteiger partial charge is 0.146 e. The van der Waals surface area contributed by atoms with Crippen LogP contribution in [-0.4, -0.2) is 7.05 Å². The van der Waals surface area contributed by atoms with Crippen LogP contribution in [0, 0.1) is 5.82 Å². The Morgan fingerprint density at radius 3 is 2.56 bits per heavy atom. The fraction of sp³-hybridized carbons (Fsp3) is 0.143. The predicted octanol–water partition coefficient (Wildman–Crippen LogP) is 3.99. The summed E-state index contributed by atoms with van der Waals surface area (Å²) in [6.07, 6.45) is 0. The molecule has 2 rings (SSSR count). The molecule has 18 heavy (non-hydrogen) atoms. The summed E-state index contributed by atoms with van der Waals surface area (Å²) in [6.45, 7) is 0.395. The lowest BCUT2D eigenvalue weighted by atomic mass is 10.2. The van der Waals surface area contributed by atoms with Gasteiger partial charge in [0.15, 0.2) is 0 Å². The summed E-state index contributed by atoms with van der Waals surface area (Å²) in [4.78, 5) is 0. The second-order valence-corrected chi connectivity index (χ2v) is 4.19. The highest BCUT2D eigenvalue weighted by Gasteiger charge is 2.10. The average molecular weight is 266 g/mol. The predicted molar refractivity (Wildman–Crippen MR) is 70.7 cm³/mol. The normalized spacial score (nSPS) is 10.4. The van der Waals surface area contributed by atoms with Crippen LogP contribution in [0.5, 0.6) is 11.5 Å². The first-order valence-corrected chi connectivity index (χ1v) is 5.94. The van der Waals surface area contributed by atoms with Gasteiger partial charge in [-0.05, 0) is 31.3 Å². The number of nitrogens with one attached hydrogen (secondary N) is 1. The van der Waals surface area contributed by atoms with E-state index < -0.39 is 0 Å². The highest BCUT2D eigenvalue weighted by Crippen LogP contribution is 2.31. The Morgan fingerprint density at radius 2 is 1.83 bits per heavy atom. The minimum atomic E-state index is -0.297. The largest absolute Gasteiger partial charge is 0.455 e. The van der Waals surface area contributed by atoms with Crippen molar-refractivity contribution in [3.8, 4) is 11.5 Å². The summed E-state index contributed by atoms with van der Waals surface area (Å²) in [5.74, 6) is 0.688. The maximum Gasteiger partial charge on any atom is 0.146 e. The Balaban J connectivity index is 2.34. The minimum Gasteiger partial charge on any atom is -0.455 e. The van der Waals surface area contributed by atoms with E-state index >= 15 is 0 Å². The van der Waals surface area contributed by atoms with Crippen molar-refractivity contribution in [3.05, 3.63) is 58.9 Å².